The van der Waals surface area contributed by atoms with E-state index in [1.54, 1.807) is 0 Å². The van der Waals surface area contributed by atoms with E-state index in [2.05, 4.69) is 70.1 Å². The number of carbonyl (C=O) groups is 1. The van der Waals surface area contributed by atoms with Gasteiger partial charge in [-0.25, -0.2) is 0 Å². The second-order valence-corrected chi connectivity index (χ2v) is 10.4. The van der Waals surface area contributed by atoms with Gasteiger partial charge in [-0.2, -0.15) is 0 Å². The van der Waals surface area contributed by atoms with Gasteiger partial charge in [0.05, 0.1) is 6.04 Å². The van der Waals surface area contributed by atoms with Crippen LogP contribution in [-0.4, -0.2) is 23.2 Å². The average Bonchev–Trinajstić information content (AvgIpc) is 2.96. The van der Waals surface area contributed by atoms with Gasteiger partial charge < -0.3 is 11.1 Å². The van der Waals surface area contributed by atoms with Crippen molar-refractivity contribution in [2.45, 2.75) is 32.0 Å². The predicted molar refractivity (Wildman–Crippen MR) is 148 cm³/mol. The summed E-state index contributed by atoms with van der Waals surface area (Å²) in [7, 11) is 0. The number of halogens is 3. The van der Waals surface area contributed by atoms with E-state index in [9.17, 15) is 4.79 Å². The van der Waals surface area contributed by atoms with Crippen molar-refractivity contribution in [1.82, 2.24) is 4.90 Å². The van der Waals surface area contributed by atoms with Crippen molar-refractivity contribution in [3.63, 3.8) is 0 Å². The number of benzene rings is 3. The van der Waals surface area contributed by atoms with E-state index in [1.807, 2.05) is 36.4 Å². The van der Waals surface area contributed by atoms with Gasteiger partial charge in [0.25, 0.3) is 0 Å². The Kier molecular flexibility index (Phi) is 8.14. The molecule has 5 nitrogen and oxygen atoms in total. The Morgan fingerprint density at radius 3 is 2.41 bits per heavy atom. The van der Waals surface area contributed by atoms with Gasteiger partial charge in [-0.15, -0.1) is 0 Å². The quantitative estimate of drug-likeness (QED) is 0.311. The number of hydrogen-bond acceptors (Lipinski definition) is 3. The molecule has 3 N–H and O–H groups in total. The van der Waals surface area contributed by atoms with Crippen LogP contribution < -0.4 is 11.1 Å². The average molecular weight is 607 g/mol. The van der Waals surface area contributed by atoms with E-state index in [-0.39, 0.29) is 24.4 Å². The molecule has 1 aliphatic heterocycles. The Hall–Kier alpha value is -2.13. The number of carbonyl (C=O) groups excluding carboxylic acids is 1. The molecule has 0 unspecified atom stereocenters. The minimum absolute atomic E-state index is 0.0462. The molecule has 1 amide bonds. The van der Waals surface area contributed by atoms with Crippen LogP contribution in [0.15, 0.2) is 71.7 Å². The Morgan fingerprint density at radius 1 is 1.12 bits per heavy atom. The lowest BCUT2D eigenvalue weighted by atomic mass is 9.98. The molecular formula is C26H25Cl2IN4O. The van der Waals surface area contributed by atoms with Crippen LogP contribution >= 0.6 is 45.8 Å². The lowest BCUT2D eigenvalue weighted by molar-refractivity contribution is -0.117. The molecule has 0 saturated heterocycles. The minimum Gasteiger partial charge on any atom is -0.370 e. The zero-order chi connectivity index (χ0) is 24.2. The summed E-state index contributed by atoms with van der Waals surface area (Å²) in [5, 5.41) is 4.95. The first-order chi connectivity index (χ1) is 16.3. The minimum atomic E-state index is -0.373. The molecule has 3 aromatic carbocycles. The lowest BCUT2D eigenvalue weighted by Crippen LogP contribution is -2.37. The van der Waals surface area contributed by atoms with Crippen LogP contribution in [0.3, 0.4) is 0 Å². The summed E-state index contributed by atoms with van der Waals surface area (Å²) in [5.74, 6) is 0.395. The number of amidine groups is 1. The van der Waals surface area contributed by atoms with E-state index in [1.165, 1.54) is 5.56 Å². The number of amides is 1. The van der Waals surface area contributed by atoms with Crippen molar-refractivity contribution in [2.75, 3.05) is 11.9 Å². The van der Waals surface area contributed by atoms with Crippen molar-refractivity contribution in [3.05, 3.63) is 97.0 Å². The monoisotopic (exact) mass is 606 g/mol. The molecule has 34 heavy (non-hydrogen) atoms. The fraction of sp³-hybridized carbons (Fsp3) is 0.231. The second-order valence-electron chi connectivity index (χ2n) is 8.26. The zero-order valence-electron chi connectivity index (χ0n) is 18.6. The summed E-state index contributed by atoms with van der Waals surface area (Å²) < 4.78 is 1.16. The van der Waals surface area contributed by atoms with Crippen LogP contribution in [0.25, 0.3) is 0 Å². The van der Waals surface area contributed by atoms with Crippen molar-refractivity contribution in [2.24, 2.45) is 10.7 Å². The molecule has 0 radical (unpaired) electrons. The maximum atomic E-state index is 11.4. The SMILES string of the molecule is C[C@H](c1ccc(Cl)cc1)N1Cc2cc(I)ccc2NC(=NCCC(N)=O)[C@@H]1c1ccc(Cl)cc1. The lowest BCUT2D eigenvalue weighted by Gasteiger charge is -2.36. The van der Waals surface area contributed by atoms with Crippen LogP contribution in [0.2, 0.25) is 10.0 Å². The predicted octanol–water partition coefficient (Wildman–Crippen LogP) is 6.60. The number of rotatable bonds is 6. The van der Waals surface area contributed by atoms with Crippen LogP contribution in [0.4, 0.5) is 5.69 Å². The van der Waals surface area contributed by atoms with Gasteiger partial charge in [-0.05, 0) is 88.7 Å². The summed E-state index contributed by atoms with van der Waals surface area (Å²) >= 11 is 14.7. The number of primary amides is 1. The third-order valence-electron chi connectivity index (χ3n) is 5.95. The summed E-state index contributed by atoms with van der Waals surface area (Å²) in [5.41, 5.74) is 9.77. The summed E-state index contributed by atoms with van der Waals surface area (Å²) in [6.07, 6.45) is 0.185. The van der Waals surface area contributed by atoms with Gasteiger partial charge in [-0.3, -0.25) is 14.7 Å². The molecule has 0 spiro atoms. The molecule has 176 valence electrons. The fourth-order valence-corrected chi connectivity index (χ4v) is 4.97. The third kappa shape index (κ3) is 5.92. The molecule has 0 bridgehead atoms. The first-order valence-electron chi connectivity index (χ1n) is 11.0. The van der Waals surface area contributed by atoms with Gasteiger partial charge in [-0.1, -0.05) is 47.5 Å². The van der Waals surface area contributed by atoms with Gasteiger partial charge >= 0.3 is 0 Å². The first kappa shape index (κ1) is 25.0. The maximum Gasteiger partial charge on any atom is 0.219 e. The van der Waals surface area contributed by atoms with Crippen molar-refractivity contribution < 1.29 is 4.79 Å². The largest absolute Gasteiger partial charge is 0.370 e. The standard InChI is InChI=1S/C26H25Cl2IN4O/c1-16(17-2-6-20(27)7-3-17)33-15-19-14-22(29)10-11-23(19)32-26(31-13-12-24(30)34)25(33)18-4-8-21(28)9-5-18/h2-11,14,16,25H,12-13,15H2,1H3,(H2,30,34)(H,31,32)/t16-,25+/m1/s1. The van der Waals surface area contributed by atoms with E-state index in [4.69, 9.17) is 33.9 Å². The summed E-state index contributed by atoms with van der Waals surface area (Å²) in [6, 6.07) is 22.0. The van der Waals surface area contributed by atoms with E-state index >= 15 is 0 Å². The van der Waals surface area contributed by atoms with Crippen LogP contribution in [-0.2, 0) is 11.3 Å². The van der Waals surface area contributed by atoms with Crippen LogP contribution in [0.1, 0.15) is 42.1 Å². The third-order valence-corrected chi connectivity index (χ3v) is 7.12. The Bertz CT molecular complexity index is 1200. The molecule has 0 fully saturated rings. The van der Waals surface area contributed by atoms with Gasteiger partial charge in [0.15, 0.2) is 0 Å². The second kappa shape index (κ2) is 11.1. The van der Waals surface area contributed by atoms with Crippen molar-refractivity contribution in [1.29, 1.82) is 0 Å². The normalized spacial score (nSPS) is 18.1. The number of nitrogens with two attached hydrogens (primary N) is 1. The number of nitrogens with zero attached hydrogens (tertiary/aromatic N) is 2. The first-order valence-corrected chi connectivity index (χ1v) is 12.8. The molecule has 0 saturated carbocycles. The highest BCUT2D eigenvalue weighted by molar-refractivity contribution is 14.1. The van der Waals surface area contributed by atoms with Crippen molar-refractivity contribution in [3.8, 4) is 0 Å². The maximum absolute atomic E-state index is 11.4. The van der Waals surface area contributed by atoms with Gasteiger partial charge in [0.2, 0.25) is 5.91 Å². The Balaban J connectivity index is 1.85. The van der Waals surface area contributed by atoms with Gasteiger partial charge in [0.1, 0.15) is 5.84 Å². The highest BCUT2D eigenvalue weighted by Gasteiger charge is 2.34. The molecule has 8 heteroatoms. The molecule has 4 rings (SSSR count). The molecule has 3 aromatic rings. The topological polar surface area (TPSA) is 70.7 Å². The van der Waals surface area contributed by atoms with Crippen LogP contribution in [0, 0.1) is 3.57 Å². The number of hydrogen-bond donors (Lipinski definition) is 2. The Labute approximate surface area is 223 Å². The fourth-order valence-electron chi connectivity index (χ4n) is 4.17. The Morgan fingerprint density at radius 2 is 1.76 bits per heavy atom. The molecule has 1 heterocycles. The van der Waals surface area contributed by atoms with E-state index < -0.39 is 0 Å². The molecular weight excluding hydrogens is 582 g/mol. The highest BCUT2D eigenvalue weighted by atomic mass is 127. The molecule has 1 aliphatic rings. The number of aliphatic imine (C=N–C) groups is 1. The number of fused-ring (bicyclic) bond motifs is 1. The summed E-state index contributed by atoms with van der Waals surface area (Å²) in [6.45, 7) is 3.20. The smallest absolute Gasteiger partial charge is 0.219 e. The zero-order valence-corrected chi connectivity index (χ0v) is 22.3. The van der Waals surface area contributed by atoms with E-state index in [0.29, 0.717) is 23.1 Å². The van der Waals surface area contributed by atoms with Gasteiger partial charge in [0, 0.05) is 44.9 Å². The number of nitrogens with one attached hydrogen (secondary N) is 1. The molecule has 0 aromatic heterocycles. The number of anilines is 1. The van der Waals surface area contributed by atoms with Crippen LogP contribution in [0.5, 0.6) is 0 Å². The van der Waals surface area contributed by atoms with Crippen molar-refractivity contribution >= 4 is 63.2 Å². The molecule has 0 aliphatic carbocycles. The highest BCUT2D eigenvalue weighted by Crippen LogP contribution is 2.38. The van der Waals surface area contributed by atoms with E-state index in [0.717, 1.165) is 26.2 Å². The summed E-state index contributed by atoms with van der Waals surface area (Å²) in [4.78, 5) is 18.7. The molecule has 2 atom stereocenters.